The summed E-state index contributed by atoms with van der Waals surface area (Å²) < 4.78 is 5.15. The molecule has 0 atom stereocenters. The molecule has 0 radical (unpaired) electrons. The summed E-state index contributed by atoms with van der Waals surface area (Å²) in [6.45, 7) is 2.45. The Labute approximate surface area is 173 Å². The number of rotatable bonds is 7. The Kier molecular flexibility index (Phi) is 6.49. The third-order valence-electron chi connectivity index (χ3n) is 4.22. The van der Waals surface area contributed by atoms with E-state index in [0.717, 1.165) is 16.0 Å². The molecule has 3 rings (SSSR count). The van der Waals surface area contributed by atoms with Gasteiger partial charge >= 0.3 is 0 Å². The second-order valence-corrected chi connectivity index (χ2v) is 7.65. The van der Waals surface area contributed by atoms with Gasteiger partial charge in [-0.05, 0) is 60.5 Å². The number of nitrogens with one attached hydrogen (secondary N) is 1. The summed E-state index contributed by atoms with van der Waals surface area (Å²) in [6, 6.07) is 16.2. The van der Waals surface area contributed by atoms with Gasteiger partial charge in [0.15, 0.2) is 0 Å². The Morgan fingerprint density at radius 2 is 1.75 bits per heavy atom. The maximum Gasteiger partial charge on any atom is 0.224 e. The number of amides is 1. The number of thiophene rings is 1. The second kappa shape index (κ2) is 9.04. The number of ether oxygens (including phenoxy) is 1. The molecule has 0 aliphatic carbocycles. The predicted octanol–water partition coefficient (Wildman–Crippen LogP) is 4.99. The molecule has 1 aromatic heterocycles. The molecule has 0 saturated heterocycles. The molecule has 0 fully saturated rings. The van der Waals surface area contributed by atoms with E-state index in [2.05, 4.69) is 5.32 Å². The van der Waals surface area contributed by atoms with Crippen molar-refractivity contribution < 1.29 is 14.3 Å². The molecule has 1 heterocycles. The van der Waals surface area contributed by atoms with Crippen LogP contribution in [-0.4, -0.2) is 25.3 Å². The monoisotopic (exact) mass is 413 g/mol. The highest BCUT2D eigenvalue weighted by molar-refractivity contribution is 7.17. The van der Waals surface area contributed by atoms with E-state index in [4.69, 9.17) is 16.3 Å². The topological polar surface area (TPSA) is 55.4 Å². The fraction of sp³-hybridized carbons (Fsp3) is 0.182. The fourth-order valence-corrected chi connectivity index (χ4v) is 4.11. The molecular weight excluding hydrogens is 394 g/mol. The molecule has 2 aromatic carbocycles. The Bertz CT molecular complexity index is 978. The largest absolute Gasteiger partial charge is 0.497 e. The van der Waals surface area contributed by atoms with Crippen molar-refractivity contribution in [1.82, 2.24) is 5.32 Å². The summed E-state index contributed by atoms with van der Waals surface area (Å²) in [7, 11) is 1.59. The van der Waals surface area contributed by atoms with Gasteiger partial charge in [-0.15, -0.1) is 11.3 Å². The number of carbonyl (C=O) groups excluding carboxylic acids is 2. The van der Waals surface area contributed by atoms with Crippen molar-refractivity contribution >= 4 is 34.6 Å². The first kappa shape index (κ1) is 20.1. The molecule has 0 aliphatic rings. The molecule has 144 valence electrons. The number of ketones is 1. The molecule has 0 saturated carbocycles. The van der Waals surface area contributed by atoms with Gasteiger partial charge in [-0.25, -0.2) is 0 Å². The average molecular weight is 414 g/mol. The van der Waals surface area contributed by atoms with Crippen molar-refractivity contribution in [1.29, 1.82) is 0 Å². The van der Waals surface area contributed by atoms with Gasteiger partial charge in [0, 0.05) is 22.0 Å². The number of hydrogen-bond donors (Lipinski definition) is 1. The fourth-order valence-electron chi connectivity index (χ4n) is 2.83. The number of likely N-dealkylation sites (N-methyl/N-ethyl adjacent to an activating group) is 1. The van der Waals surface area contributed by atoms with Crippen molar-refractivity contribution in [2.75, 3.05) is 13.7 Å². The van der Waals surface area contributed by atoms with E-state index in [-0.39, 0.29) is 18.1 Å². The molecule has 1 amide bonds. The number of benzene rings is 2. The first-order chi connectivity index (χ1) is 13.5. The van der Waals surface area contributed by atoms with Crippen LogP contribution in [0.3, 0.4) is 0 Å². The summed E-state index contributed by atoms with van der Waals surface area (Å²) in [5, 5.41) is 3.45. The van der Waals surface area contributed by atoms with Crippen molar-refractivity contribution in [2.45, 2.75) is 13.3 Å². The highest BCUT2D eigenvalue weighted by atomic mass is 35.5. The van der Waals surface area contributed by atoms with Crippen LogP contribution < -0.4 is 10.1 Å². The van der Waals surface area contributed by atoms with Gasteiger partial charge in [0.05, 0.1) is 18.4 Å². The summed E-state index contributed by atoms with van der Waals surface area (Å²) in [5.74, 6) is 0.547. The Morgan fingerprint density at radius 3 is 2.36 bits per heavy atom. The average Bonchev–Trinajstić information content (AvgIpc) is 3.12. The van der Waals surface area contributed by atoms with Crippen LogP contribution in [0.25, 0.3) is 10.4 Å². The molecule has 3 aromatic rings. The molecule has 1 N–H and O–H groups in total. The smallest absolute Gasteiger partial charge is 0.224 e. The van der Waals surface area contributed by atoms with Crippen molar-refractivity contribution in [3.63, 3.8) is 0 Å². The first-order valence-corrected chi connectivity index (χ1v) is 10.1. The zero-order chi connectivity index (χ0) is 20.1. The number of carbonyl (C=O) groups is 2. The summed E-state index contributed by atoms with van der Waals surface area (Å²) in [5.41, 5.74) is 2.34. The van der Waals surface area contributed by atoms with Gasteiger partial charge in [0.1, 0.15) is 5.75 Å². The normalized spacial score (nSPS) is 10.5. The molecule has 6 heteroatoms. The van der Waals surface area contributed by atoms with Gasteiger partial charge < -0.3 is 10.1 Å². The lowest BCUT2D eigenvalue weighted by Crippen LogP contribution is -2.24. The molecule has 0 bridgehead atoms. The van der Waals surface area contributed by atoms with E-state index in [0.29, 0.717) is 27.8 Å². The van der Waals surface area contributed by atoms with E-state index in [1.807, 2.05) is 25.1 Å². The van der Waals surface area contributed by atoms with Crippen molar-refractivity contribution in [2.24, 2.45) is 0 Å². The van der Waals surface area contributed by atoms with Gasteiger partial charge in [0.2, 0.25) is 11.7 Å². The van der Waals surface area contributed by atoms with Gasteiger partial charge in [-0.2, -0.15) is 0 Å². The predicted molar refractivity (Wildman–Crippen MR) is 114 cm³/mol. The van der Waals surface area contributed by atoms with Gasteiger partial charge in [-0.3, -0.25) is 9.59 Å². The molecule has 28 heavy (non-hydrogen) atoms. The van der Waals surface area contributed by atoms with E-state index in [1.165, 1.54) is 11.3 Å². The van der Waals surface area contributed by atoms with Gasteiger partial charge in [0.25, 0.3) is 0 Å². The first-order valence-electron chi connectivity index (χ1n) is 8.86. The lowest BCUT2D eigenvalue weighted by atomic mass is 10.0. The van der Waals surface area contributed by atoms with E-state index in [9.17, 15) is 9.59 Å². The SMILES string of the molecule is CCNC(=O)Cc1cc(C(=O)c2ccc(OC)cc2)sc1-c1ccc(Cl)cc1. The molecule has 0 aliphatic heterocycles. The highest BCUT2D eigenvalue weighted by Gasteiger charge is 2.19. The zero-order valence-electron chi connectivity index (χ0n) is 15.6. The lowest BCUT2D eigenvalue weighted by Gasteiger charge is -2.04. The Balaban J connectivity index is 1.98. The van der Waals surface area contributed by atoms with Crippen LogP contribution in [0.15, 0.2) is 54.6 Å². The Morgan fingerprint density at radius 1 is 1.07 bits per heavy atom. The number of halogens is 1. The van der Waals surface area contributed by atoms with Crippen LogP contribution in [0.2, 0.25) is 5.02 Å². The molecule has 0 unspecified atom stereocenters. The minimum Gasteiger partial charge on any atom is -0.497 e. The van der Waals surface area contributed by atoms with Crippen LogP contribution in [0.1, 0.15) is 27.7 Å². The summed E-state index contributed by atoms with van der Waals surface area (Å²) in [6.07, 6.45) is 0.220. The van der Waals surface area contributed by atoms with Crippen LogP contribution in [0, 0.1) is 0 Å². The van der Waals surface area contributed by atoms with E-state index >= 15 is 0 Å². The maximum absolute atomic E-state index is 13.0. The third kappa shape index (κ3) is 4.61. The number of methoxy groups -OCH3 is 1. The van der Waals surface area contributed by atoms with Crippen molar-refractivity contribution in [3.8, 4) is 16.2 Å². The van der Waals surface area contributed by atoms with Crippen LogP contribution >= 0.6 is 22.9 Å². The van der Waals surface area contributed by atoms with Crippen LogP contribution in [0.5, 0.6) is 5.75 Å². The standard InChI is InChI=1S/C22H20ClNO3S/c1-3-24-20(25)13-16-12-19(21(26)14-6-10-18(27-2)11-7-14)28-22(16)15-4-8-17(23)9-5-15/h4-12H,3,13H2,1-2H3,(H,24,25). The van der Waals surface area contributed by atoms with E-state index in [1.54, 1.807) is 43.5 Å². The van der Waals surface area contributed by atoms with Crippen molar-refractivity contribution in [3.05, 3.63) is 75.6 Å². The minimum atomic E-state index is -0.0787. The molecular formula is C22H20ClNO3S. The third-order valence-corrected chi connectivity index (χ3v) is 5.69. The summed E-state index contributed by atoms with van der Waals surface area (Å²) >= 11 is 7.39. The van der Waals surface area contributed by atoms with Gasteiger partial charge in [-0.1, -0.05) is 23.7 Å². The molecule has 4 nitrogen and oxygen atoms in total. The zero-order valence-corrected chi connectivity index (χ0v) is 17.2. The van der Waals surface area contributed by atoms with Crippen LogP contribution in [0.4, 0.5) is 0 Å². The quantitative estimate of drug-likeness (QED) is 0.555. The summed E-state index contributed by atoms with van der Waals surface area (Å²) in [4.78, 5) is 26.6. The van der Waals surface area contributed by atoms with E-state index < -0.39 is 0 Å². The lowest BCUT2D eigenvalue weighted by molar-refractivity contribution is -0.120. The second-order valence-electron chi connectivity index (χ2n) is 6.16. The number of hydrogen-bond acceptors (Lipinski definition) is 4. The van der Waals surface area contributed by atoms with Crippen LogP contribution in [-0.2, 0) is 11.2 Å². The minimum absolute atomic E-state index is 0.0704. The Hall–Kier alpha value is -2.63. The highest BCUT2D eigenvalue weighted by Crippen LogP contribution is 2.35. The maximum atomic E-state index is 13.0. The molecule has 0 spiro atoms.